The minimum Gasteiger partial charge on any atom is -0.396 e. The van der Waals surface area contributed by atoms with Gasteiger partial charge in [0.15, 0.2) is 10.9 Å². The maximum Gasteiger partial charge on any atom is 0.228 e. The molecule has 0 radical (unpaired) electrons. The van der Waals surface area contributed by atoms with Crippen molar-refractivity contribution in [2.24, 2.45) is 0 Å². The van der Waals surface area contributed by atoms with Crippen molar-refractivity contribution >= 4 is 44.9 Å². The Morgan fingerprint density at radius 2 is 2.13 bits per heavy atom. The summed E-state index contributed by atoms with van der Waals surface area (Å²) < 4.78 is 28.6. The first kappa shape index (κ1) is 19.3. The number of rotatable bonds is 4. The molecule has 7 nitrogen and oxygen atoms in total. The Labute approximate surface area is 178 Å². The Morgan fingerprint density at radius 3 is 2.90 bits per heavy atom. The number of hydrogen-bond donors (Lipinski definition) is 2. The molecule has 0 spiro atoms. The number of carbonyl (C=O) groups is 2. The summed E-state index contributed by atoms with van der Waals surface area (Å²) in [7, 11) is 0. The molecule has 4 aromatic rings. The summed E-state index contributed by atoms with van der Waals surface area (Å²) in [5.74, 6) is -2.88. The molecule has 1 aromatic carbocycles. The number of aromatic nitrogens is 3. The van der Waals surface area contributed by atoms with Gasteiger partial charge in [-0.1, -0.05) is 0 Å². The summed E-state index contributed by atoms with van der Waals surface area (Å²) in [6, 6.07) is 3.71. The van der Waals surface area contributed by atoms with E-state index < -0.39 is 23.0 Å². The third-order valence-corrected chi connectivity index (χ3v) is 6.08. The highest BCUT2D eigenvalue weighted by Gasteiger charge is 2.26. The average molecular weight is 439 g/mol. The molecular formula is C21H15F2N5O2S. The van der Waals surface area contributed by atoms with Crippen LogP contribution in [0.15, 0.2) is 36.0 Å². The SMILES string of the molecule is Nc1ccc(F)c(C(=O)c2c[nH]c3ncc(-c4csc(N5CCCC5=O)n4)cc23)c1F. The summed E-state index contributed by atoms with van der Waals surface area (Å²) >= 11 is 1.34. The molecule has 0 saturated carbocycles. The van der Waals surface area contributed by atoms with E-state index in [2.05, 4.69) is 15.0 Å². The van der Waals surface area contributed by atoms with Crippen LogP contribution >= 0.6 is 11.3 Å². The first-order chi connectivity index (χ1) is 14.9. The van der Waals surface area contributed by atoms with E-state index in [1.807, 2.05) is 0 Å². The molecular weight excluding hydrogens is 424 g/mol. The van der Waals surface area contributed by atoms with E-state index in [1.54, 1.807) is 22.5 Å². The van der Waals surface area contributed by atoms with Crippen molar-refractivity contribution in [3.8, 4) is 11.3 Å². The van der Waals surface area contributed by atoms with Crippen LogP contribution in [0.1, 0.15) is 28.8 Å². The Bertz CT molecular complexity index is 1360. The summed E-state index contributed by atoms with van der Waals surface area (Å²) in [4.78, 5) is 38.2. The van der Waals surface area contributed by atoms with Crippen LogP contribution in [-0.2, 0) is 4.79 Å². The molecule has 4 heterocycles. The Hall–Kier alpha value is -3.66. The summed E-state index contributed by atoms with van der Waals surface area (Å²) in [6.07, 6.45) is 4.25. The molecule has 3 aromatic heterocycles. The maximum atomic E-state index is 14.4. The number of benzene rings is 1. The molecule has 0 bridgehead atoms. The fourth-order valence-corrected chi connectivity index (χ4v) is 4.49. The molecule has 0 aliphatic carbocycles. The fourth-order valence-electron chi connectivity index (χ4n) is 3.61. The zero-order chi connectivity index (χ0) is 21.7. The summed E-state index contributed by atoms with van der Waals surface area (Å²) in [5, 5.41) is 2.80. The molecule has 1 aliphatic heterocycles. The van der Waals surface area contributed by atoms with Crippen molar-refractivity contribution < 1.29 is 18.4 Å². The highest BCUT2D eigenvalue weighted by molar-refractivity contribution is 7.14. The third-order valence-electron chi connectivity index (χ3n) is 5.22. The van der Waals surface area contributed by atoms with Crippen LogP contribution in [0.2, 0.25) is 0 Å². The number of hydrogen-bond acceptors (Lipinski definition) is 6. The number of nitrogen functional groups attached to an aromatic ring is 1. The van der Waals surface area contributed by atoms with Gasteiger partial charge in [-0.3, -0.25) is 14.5 Å². The summed E-state index contributed by atoms with van der Waals surface area (Å²) in [6.45, 7) is 0.636. The monoisotopic (exact) mass is 439 g/mol. The van der Waals surface area contributed by atoms with Crippen LogP contribution in [0.25, 0.3) is 22.3 Å². The minimum atomic E-state index is -1.09. The normalized spacial score (nSPS) is 14.0. The quantitative estimate of drug-likeness (QED) is 0.371. The second-order valence-electron chi connectivity index (χ2n) is 7.14. The number of fused-ring (bicyclic) bond motifs is 1. The molecule has 156 valence electrons. The van der Waals surface area contributed by atoms with E-state index in [4.69, 9.17) is 5.73 Å². The standard InChI is InChI=1S/C21H15F2N5O2S/c22-13-3-4-14(24)18(23)17(13)19(30)12-8-26-20-11(12)6-10(7-25-20)15-9-31-21(27-15)28-5-1-2-16(28)29/h3-4,6-9H,1-2,5,24H2,(H,25,26). The van der Waals surface area contributed by atoms with E-state index in [1.165, 1.54) is 17.5 Å². The third kappa shape index (κ3) is 3.15. The largest absolute Gasteiger partial charge is 0.396 e. The molecule has 1 aliphatic rings. The maximum absolute atomic E-state index is 14.4. The van der Waals surface area contributed by atoms with Gasteiger partial charge in [-0.15, -0.1) is 11.3 Å². The highest BCUT2D eigenvalue weighted by Crippen LogP contribution is 2.32. The van der Waals surface area contributed by atoms with Crippen LogP contribution in [0.4, 0.5) is 19.6 Å². The number of carbonyl (C=O) groups excluding carboxylic acids is 2. The van der Waals surface area contributed by atoms with Crippen molar-refractivity contribution in [2.45, 2.75) is 12.8 Å². The van der Waals surface area contributed by atoms with E-state index in [9.17, 15) is 18.4 Å². The average Bonchev–Trinajstić information content (AvgIpc) is 3.49. The summed E-state index contributed by atoms with van der Waals surface area (Å²) in [5.41, 5.74) is 6.15. The molecule has 10 heteroatoms. The van der Waals surface area contributed by atoms with Crippen molar-refractivity contribution in [1.29, 1.82) is 0 Å². The van der Waals surface area contributed by atoms with Crippen LogP contribution < -0.4 is 10.6 Å². The second-order valence-corrected chi connectivity index (χ2v) is 7.98. The van der Waals surface area contributed by atoms with Crippen molar-refractivity contribution in [1.82, 2.24) is 15.0 Å². The number of pyridine rings is 1. The van der Waals surface area contributed by atoms with Gasteiger partial charge < -0.3 is 10.7 Å². The van der Waals surface area contributed by atoms with Crippen molar-refractivity contribution in [3.05, 3.63) is 58.7 Å². The van der Waals surface area contributed by atoms with Crippen molar-refractivity contribution in [3.63, 3.8) is 0 Å². The topological polar surface area (TPSA) is 105 Å². The zero-order valence-electron chi connectivity index (χ0n) is 16.0. The Morgan fingerprint density at radius 1 is 1.29 bits per heavy atom. The fraction of sp³-hybridized carbons (Fsp3) is 0.143. The molecule has 5 rings (SSSR count). The van der Waals surface area contributed by atoms with Crippen LogP contribution in [0.3, 0.4) is 0 Å². The molecule has 1 saturated heterocycles. The van der Waals surface area contributed by atoms with Gasteiger partial charge in [0.05, 0.1) is 16.9 Å². The van der Waals surface area contributed by atoms with Crippen LogP contribution in [0, 0.1) is 11.6 Å². The van der Waals surface area contributed by atoms with E-state index in [-0.39, 0.29) is 17.2 Å². The first-order valence-corrected chi connectivity index (χ1v) is 10.3. The van der Waals surface area contributed by atoms with Crippen LogP contribution in [-0.4, -0.2) is 33.2 Å². The van der Waals surface area contributed by atoms with Gasteiger partial charge in [0, 0.05) is 47.3 Å². The molecule has 1 fully saturated rings. The Kier molecular flexibility index (Phi) is 4.51. The predicted octanol–water partition coefficient (Wildman–Crippen LogP) is 3.90. The number of thiazole rings is 1. The second kappa shape index (κ2) is 7.24. The molecule has 1 amide bonds. The number of nitrogens with zero attached hydrogens (tertiary/aromatic N) is 3. The lowest BCUT2D eigenvalue weighted by Crippen LogP contribution is -2.23. The van der Waals surface area contributed by atoms with E-state index in [0.29, 0.717) is 40.4 Å². The zero-order valence-corrected chi connectivity index (χ0v) is 16.8. The van der Waals surface area contributed by atoms with Gasteiger partial charge in [0.1, 0.15) is 11.5 Å². The highest BCUT2D eigenvalue weighted by atomic mass is 32.1. The number of nitrogens with two attached hydrogens (primary N) is 1. The number of anilines is 2. The number of halogens is 2. The predicted molar refractivity (Wildman–Crippen MR) is 113 cm³/mol. The van der Waals surface area contributed by atoms with E-state index >= 15 is 0 Å². The van der Waals surface area contributed by atoms with E-state index in [0.717, 1.165) is 18.6 Å². The number of nitrogens with one attached hydrogen (secondary N) is 1. The number of aromatic amines is 1. The van der Waals surface area contributed by atoms with Gasteiger partial charge in [-0.25, -0.2) is 18.7 Å². The van der Waals surface area contributed by atoms with Crippen molar-refractivity contribution in [2.75, 3.05) is 17.2 Å². The lowest BCUT2D eigenvalue weighted by molar-refractivity contribution is -0.117. The van der Waals surface area contributed by atoms with Gasteiger partial charge in [0.25, 0.3) is 0 Å². The first-order valence-electron chi connectivity index (χ1n) is 9.45. The molecule has 3 N–H and O–H groups in total. The number of ketones is 1. The number of amides is 1. The smallest absolute Gasteiger partial charge is 0.228 e. The van der Waals surface area contributed by atoms with Gasteiger partial charge in [-0.05, 0) is 24.6 Å². The molecule has 31 heavy (non-hydrogen) atoms. The van der Waals surface area contributed by atoms with Gasteiger partial charge in [-0.2, -0.15) is 0 Å². The minimum absolute atomic E-state index is 0.0409. The molecule has 0 unspecified atom stereocenters. The van der Waals surface area contributed by atoms with Crippen LogP contribution in [0.5, 0.6) is 0 Å². The Balaban J connectivity index is 1.56. The van der Waals surface area contributed by atoms with Gasteiger partial charge in [0.2, 0.25) is 11.7 Å². The molecule has 0 atom stereocenters. The lowest BCUT2D eigenvalue weighted by atomic mass is 10.0. The lowest BCUT2D eigenvalue weighted by Gasteiger charge is -2.10. The van der Waals surface area contributed by atoms with Gasteiger partial charge >= 0.3 is 0 Å². The number of H-pyrrole nitrogens is 1.